The van der Waals surface area contributed by atoms with Gasteiger partial charge in [-0.1, -0.05) is 40.1 Å². The van der Waals surface area contributed by atoms with Gasteiger partial charge in [-0.2, -0.15) is 4.98 Å². The largest absolute Gasteiger partial charge is 0.339 e. The van der Waals surface area contributed by atoms with Crippen molar-refractivity contribution in [3.8, 4) is 11.4 Å². The van der Waals surface area contributed by atoms with Gasteiger partial charge in [-0.25, -0.2) is 0 Å². The number of nitrogens with zero attached hydrogens (tertiary/aromatic N) is 2. The summed E-state index contributed by atoms with van der Waals surface area (Å²) in [4.78, 5) is 4.51. The van der Waals surface area contributed by atoms with Crippen LogP contribution in [0.15, 0.2) is 33.3 Å². The highest BCUT2D eigenvalue weighted by atomic mass is 79.9. The fourth-order valence-electron chi connectivity index (χ4n) is 2.04. The van der Waals surface area contributed by atoms with Gasteiger partial charge in [0.1, 0.15) is 0 Å². The van der Waals surface area contributed by atoms with Crippen LogP contribution in [0.5, 0.6) is 0 Å². The van der Waals surface area contributed by atoms with E-state index in [1.165, 1.54) is 0 Å². The Labute approximate surface area is 114 Å². The fourth-order valence-corrected chi connectivity index (χ4v) is 2.50. The zero-order valence-electron chi connectivity index (χ0n) is 10.1. The van der Waals surface area contributed by atoms with E-state index in [9.17, 15) is 0 Å². The Kier molecular flexibility index (Phi) is 3.18. The topological polar surface area (TPSA) is 51.0 Å². The average Bonchev–Trinajstić information content (AvgIpc) is 2.76. The summed E-state index contributed by atoms with van der Waals surface area (Å²) >= 11 is 3.50. The van der Waals surface area contributed by atoms with E-state index < -0.39 is 0 Å². The number of halogens is 1. The summed E-state index contributed by atoms with van der Waals surface area (Å²) < 4.78 is 6.36. The second kappa shape index (κ2) is 4.82. The van der Waals surface area contributed by atoms with E-state index >= 15 is 0 Å². The van der Waals surface area contributed by atoms with Gasteiger partial charge >= 0.3 is 0 Å². The minimum absolute atomic E-state index is 0.315. The highest BCUT2D eigenvalue weighted by Gasteiger charge is 2.29. The molecule has 2 aromatic rings. The van der Waals surface area contributed by atoms with Crippen LogP contribution in [0.25, 0.3) is 11.4 Å². The third-order valence-electron chi connectivity index (χ3n) is 3.47. The molecule has 1 unspecified atom stereocenters. The van der Waals surface area contributed by atoms with Crippen molar-refractivity contribution in [3.63, 3.8) is 0 Å². The van der Waals surface area contributed by atoms with Crippen LogP contribution in [0.2, 0.25) is 0 Å². The third-order valence-corrected chi connectivity index (χ3v) is 4.16. The molecule has 0 bridgehead atoms. The molecule has 0 saturated carbocycles. The highest BCUT2D eigenvalue weighted by molar-refractivity contribution is 9.10. The first-order valence-electron chi connectivity index (χ1n) is 6.05. The van der Waals surface area contributed by atoms with Crippen molar-refractivity contribution in [3.05, 3.63) is 34.6 Å². The second-order valence-electron chi connectivity index (χ2n) is 4.64. The summed E-state index contributed by atoms with van der Waals surface area (Å²) in [5.74, 6) is 2.30. The number of nitrogens with one attached hydrogen (secondary N) is 1. The van der Waals surface area contributed by atoms with Crippen molar-refractivity contribution in [1.29, 1.82) is 0 Å². The summed E-state index contributed by atoms with van der Waals surface area (Å²) in [5, 5.41) is 7.33. The Morgan fingerprint density at radius 2 is 2.17 bits per heavy atom. The molecule has 0 aliphatic carbocycles. The standard InChI is InChI=1S/C13H14BrN3O/c1-8(9-6-15-7-9)13-16-12(17-18-13)10-4-2-3-5-11(10)14/h2-5,8-9,15H,6-7H2,1H3. The summed E-state index contributed by atoms with van der Waals surface area (Å²) in [6.45, 7) is 4.21. The Balaban J connectivity index is 1.87. The quantitative estimate of drug-likeness (QED) is 0.947. The molecule has 4 nitrogen and oxygen atoms in total. The third kappa shape index (κ3) is 2.08. The molecular weight excluding hydrogens is 294 g/mol. The maximum atomic E-state index is 5.38. The summed E-state index contributed by atoms with van der Waals surface area (Å²) in [6.07, 6.45) is 0. The normalized spacial score (nSPS) is 17.4. The zero-order valence-corrected chi connectivity index (χ0v) is 11.6. The van der Waals surface area contributed by atoms with E-state index in [2.05, 4.69) is 38.3 Å². The van der Waals surface area contributed by atoms with Crippen molar-refractivity contribution in [2.24, 2.45) is 5.92 Å². The minimum Gasteiger partial charge on any atom is -0.339 e. The van der Waals surface area contributed by atoms with Gasteiger partial charge in [-0.3, -0.25) is 0 Å². The van der Waals surface area contributed by atoms with Crippen LogP contribution in [0, 0.1) is 5.92 Å². The molecule has 1 N–H and O–H groups in total. The predicted molar refractivity (Wildman–Crippen MR) is 72.2 cm³/mol. The Hall–Kier alpha value is -1.20. The Morgan fingerprint density at radius 1 is 1.39 bits per heavy atom. The molecule has 1 aromatic heterocycles. The van der Waals surface area contributed by atoms with E-state index in [1.54, 1.807) is 0 Å². The lowest BCUT2D eigenvalue weighted by atomic mass is 9.89. The maximum absolute atomic E-state index is 5.38. The van der Waals surface area contributed by atoms with Crippen LogP contribution < -0.4 is 5.32 Å². The van der Waals surface area contributed by atoms with Crippen LogP contribution in [0.1, 0.15) is 18.7 Å². The van der Waals surface area contributed by atoms with Crippen molar-refractivity contribution in [1.82, 2.24) is 15.5 Å². The summed E-state index contributed by atoms with van der Waals surface area (Å²) in [5.41, 5.74) is 0.964. The molecule has 94 valence electrons. The summed E-state index contributed by atoms with van der Waals surface area (Å²) in [6, 6.07) is 7.89. The van der Waals surface area contributed by atoms with Gasteiger partial charge in [0.2, 0.25) is 11.7 Å². The molecule has 1 fully saturated rings. The molecule has 0 radical (unpaired) electrons. The number of aromatic nitrogens is 2. The smallest absolute Gasteiger partial charge is 0.230 e. The van der Waals surface area contributed by atoms with Gasteiger partial charge in [0.05, 0.1) is 0 Å². The fraction of sp³-hybridized carbons (Fsp3) is 0.385. The number of hydrogen-bond acceptors (Lipinski definition) is 4. The van der Waals surface area contributed by atoms with Gasteiger partial charge in [-0.05, 0) is 31.1 Å². The van der Waals surface area contributed by atoms with Gasteiger partial charge in [0.25, 0.3) is 0 Å². The SMILES string of the molecule is CC(c1nc(-c2ccccc2Br)no1)C1CNC1. The van der Waals surface area contributed by atoms with Crippen molar-refractivity contribution < 1.29 is 4.52 Å². The molecule has 3 rings (SSSR count). The van der Waals surface area contributed by atoms with Crippen LogP contribution in [0.3, 0.4) is 0 Å². The molecule has 5 heteroatoms. The number of benzene rings is 1. The van der Waals surface area contributed by atoms with E-state index in [1.807, 2.05) is 24.3 Å². The molecule has 18 heavy (non-hydrogen) atoms. The summed E-state index contributed by atoms with van der Waals surface area (Å²) in [7, 11) is 0. The van der Waals surface area contributed by atoms with E-state index in [-0.39, 0.29) is 0 Å². The van der Waals surface area contributed by atoms with E-state index in [0.29, 0.717) is 17.7 Å². The number of rotatable bonds is 3. The van der Waals surface area contributed by atoms with Gasteiger partial charge in [-0.15, -0.1) is 0 Å². The molecular formula is C13H14BrN3O. The monoisotopic (exact) mass is 307 g/mol. The predicted octanol–water partition coefficient (Wildman–Crippen LogP) is 2.82. The van der Waals surface area contributed by atoms with Gasteiger partial charge in [0, 0.05) is 16.0 Å². The lowest BCUT2D eigenvalue weighted by Gasteiger charge is -2.30. The van der Waals surface area contributed by atoms with Crippen molar-refractivity contribution >= 4 is 15.9 Å². The average molecular weight is 308 g/mol. The Bertz CT molecular complexity index is 551. The molecule has 1 saturated heterocycles. The van der Waals surface area contributed by atoms with Crippen LogP contribution >= 0.6 is 15.9 Å². The second-order valence-corrected chi connectivity index (χ2v) is 5.50. The molecule has 1 aliphatic rings. The Morgan fingerprint density at radius 3 is 2.83 bits per heavy atom. The maximum Gasteiger partial charge on any atom is 0.230 e. The number of hydrogen-bond donors (Lipinski definition) is 1. The lowest BCUT2D eigenvalue weighted by Crippen LogP contribution is -2.44. The zero-order chi connectivity index (χ0) is 12.5. The first-order valence-corrected chi connectivity index (χ1v) is 6.84. The molecule has 0 spiro atoms. The van der Waals surface area contributed by atoms with Gasteiger partial charge < -0.3 is 9.84 Å². The molecule has 1 aliphatic heterocycles. The van der Waals surface area contributed by atoms with Crippen LogP contribution in [0.4, 0.5) is 0 Å². The van der Waals surface area contributed by atoms with E-state index in [0.717, 1.165) is 29.0 Å². The molecule has 0 amide bonds. The first kappa shape index (κ1) is 11.9. The van der Waals surface area contributed by atoms with E-state index in [4.69, 9.17) is 4.52 Å². The van der Waals surface area contributed by atoms with Crippen molar-refractivity contribution in [2.45, 2.75) is 12.8 Å². The van der Waals surface area contributed by atoms with Crippen molar-refractivity contribution in [2.75, 3.05) is 13.1 Å². The molecule has 2 heterocycles. The first-order chi connectivity index (χ1) is 8.75. The highest BCUT2D eigenvalue weighted by Crippen LogP contribution is 2.30. The van der Waals surface area contributed by atoms with Gasteiger partial charge in [0.15, 0.2) is 0 Å². The minimum atomic E-state index is 0.315. The lowest BCUT2D eigenvalue weighted by molar-refractivity contribution is 0.252. The van der Waals surface area contributed by atoms with Crippen LogP contribution in [-0.2, 0) is 0 Å². The van der Waals surface area contributed by atoms with Crippen LogP contribution in [-0.4, -0.2) is 23.2 Å². The molecule has 1 atom stereocenters. The molecule has 1 aromatic carbocycles.